The van der Waals surface area contributed by atoms with Gasteiger partial charge in [-0.25, -0.2) is 9.18 Å². The number of rotatable bonds is 6. The maximum Gasteiger partial charge on any atom is 0.339 e. The zero-order chi connectivity index (χ0) is 16.8. The number of nitro groups is 1. The van der Waals surface area contributed by atoms with Gasteiger partial charge in [0.25, 0.3) is 5.69 Å². The SMILES string of the molecule is O=C(OCCO)c1cc([N+](=O)[O-])ccc1Sc1ccccc1F. The third-order valence-electron chi connectivity index (χ3n) is 2.77. The molecule has 0 unspecified atom stereocenters. The van der Waals surface area contributed by atoms with Crippen LogP contribution in [0.15, 0.2) is 52.3 Å². The summed E-state index contributed by atoms with van der Waals surface area (Å²) in [6.45, 7) is -0.595. The topological polar surface area (TPSA) is 89.7 Å². The number of carbonyl (C=O) groups excluding carboxylic acids is 1. The highest BCUT2D eigenvalue weighted by molar-refractivity contribution is 7.99. The number of nitro benzene ring substituents is 1. The first-order chi connectivity index (χ1) is 11.0. The quantitative estimate of drug-likeness (QED) is 0.495. The van der Waals surface area contributed by atoms with Gasteiger partial charge in [-0.05, 0) is 18.2 Å². The van der Waals surface area contributed by atoms with Gasteiger partial charge in [-0.3, -0.25) is 10.1 Å². The molecule has 6 nitrogen and oxygen atoms in total. The Labute approximate surface area is 135 Å². The molecule has 0 saturated carbocycles. The summed E-state index contributed by atoms with van der Waals surface area (Å²) in [6.07, 6.45) is 0. The number of esters is 1. The monoisotopic (exact) mass is 337 g/mol. The van der Waals surface area contributed by atoms with Crippen molar-refractivity contribution in [2.24, 2.45) is 0 Å². The first-order valence-corrected chi connectivity index (χ1v) is 7.33. The predicted octanol–water partition coefficient (Wildman–Crippen LogP) is 3.03. The summed E-state index contributed by atoms with van der Waals surface area (Å²) in [5, 5.41) is 19.6. The molecule has 0 aliphatic carbocycles. The lowest BCUT2D eigenvalue weighted by Crippen LogP contribution is -2.10. The third kappa shape index (κ3) is 4.27. The van der Waals surface area contributed by atoms with Gasteiger partial charge in [0.2, 0.25) is 0 Å². The summed E-state index contributed by atoms with van der Waals surface area (Å²) in [6, 6.07) is 9.65. The van der Waals surface area contributed by atoms with Crippen molar-refractivity contribution in [3.63, 3.8) is 0 Å². The number of benzene rings is 2. The molecule has 0 heterocycles. The highest BCUT2D eigenvalue weighted by Gasteiger charge is 2.19. The predicted molar refractivity (Wildman–Crippen MR) is 81.0 cm³/mol. The fraction of sp³-hybridized carbons (Fsp3) is 0.133. The van der Waals surface area contributed by atoms with Gasteiger partial charge in [0.15, 0.2) is 0 Å². The van der Waals surface area contributed by atoms with Crippen LogP contribution < -0.4 is 0 Å². The number of aliphatic hydroxyl groups excluding tert-OH is 1. The van der Waals surface area contributed by atoms with Crippen LogP contribution in [0.3, 0.4) is 0 Å². The Morgan fingerprint density at radius 3 is 2.65 bits per heavy atom. The number of aliphatic hydroxyl groups is 1. The number of halogens is 1. The first kappa shape index (κ1) is 16.9. The number of non-ortho nitro benzene ring substituents is 1. The maximum absolute atomic E-state index is 13.7. The molecule has 0 radical (unpaired) electrons. The Morgan fingerprint density at radius 2 is 2.00 bits per heavy atom. The van der Waals surface area contributed by atoms with E-state index in [-0.39, 0.29) is 29.4 Å². The van der Waals surface area contributed by atoms with E-state index in [1.807, 2.05) is 0 Å². The molecule has 0 bridgehead atoms. The molecular formula is C15H12FNO5S. The highest BCUT2D eigenvalue weighted by atomic mass is 32.2. The van der Waals surface area contributed by atoms with Crippen molar-refractivity contribution in [2.75, 3.05) is 13.2 Å². The van der Waals surface area contributed by atoms with E-state index in [1.165, 1.54) is 30.3 Å². The first-order valence-electron chi connectivity index (χ1n) is 6.51. The minimum Gasteiger partial charge on any atom is -0.460 e. The molecule has 0 aliphatic rings. The molecule has 0 amide bonds. The Hall–Kier alpha value is -2.45. The van der Waals surface area contributed by atoms with Crippen LogP contribution in [0.2, 0.25) is 0 Å². The Balaban J connectivity index is 2.39. The Kier molecular flexibility index (Phi) is 5.67. The molecular weight excluding hydrogens is 325 g/mol. The summed E-state index contributed by atoms with van der Waals surface area (Å²) in [7, 11) is 0. The lowest BCUT2D eigenvalue weighted by atomic mass is 10.2. The van der Waals surface area contributed by atoms with Crippen LogP contribution in [0, 0.1) is 15.9 Å². The van der Waals surface area contributed by atoms with Crippen LogP contribution >= 0.6 is 11.8 Å². The van der Waals surface area contributed by atoms with Crippen molar-refractivity contribution in [1.82, 2.24) is 0 Å². The van der Waals surface area contributed by atoms with Gasteiger partial charge >= 0.3 is 5.97 Å². The van der Waals surface area contributed by atoms with Gasteiger partial charge < -0.3 is 9.84 Å². The standard InChI is InChI=1S/C15H12FNO5S/c16-12-3-1-2-4-14(12)23-13-6-5-10(17(20)21)9-11(13)15(19)22-8-7-18/h1-6,9,18H,7-8H2. The maximum atomic E-state index is 13.7. The molecule has 2 rings (SSSR count). The summed E-state index contributed by atoms with van der Waals surface area (Å²) >= 11 is 0.962. The summed E-state index contributed by atoms with van der Waals surface area (Å²) in [4.78, 5) is 22.8. The van der Waals surface area contributed by atoms with Crippen LogP contribution in [0.1, 0.15) is 10.4 Å². The molecule has 0 saturated heterocycles. The van der Waals surface area contributed by atoms with E-state index in [0.29, 0.717) is 4.90 Å². The van der Waals surface area contributed by atoms with E-state index in [4.69, 9.17) is 9.84 Å². The van der Waals surface area contributed by atoms with Crippen molar-refractivity contribution < 1.29 is 24.0 Å². The number of hydrogen-bond donors (Lipinski definition) is 1. The van der Waals surface area contributed by atoms with Gasteiger partial charge in [0, 0.05) is 21.9 Å². The van der Waals surface area contributed by atoms with Crippen molar-refractivity contribution in [3.8, 4) is 0 Å². The number of ether oxygens (including phenoxy) is 1. The van der Waals surface area contributed by atoms with Crippen LogP contribution in [0.5, 0.6) is 0 Å². The minimum atomic E-state index is -0.818. The average molecular weight is 337 g/mol. The van der Waals surface area contributed by atoms with E-state index in [1.54, 1.807) is 6.07 Å². The molecule has 23 heavy (non-hydrogen) atoms. The second-order valence-corrected chi connectivity index (χ2v) is 5.41. The van der Waals surface area contributed by atoms with Crippen LogP contribution in [0.4, 0.5) is 10.1 Å². The number of carbonyl (C=O) groups is 1. The lowest BCUT2D eigenvalue weighted by Gasteiger charge is -2.09. The summed E-state index contributed by atoms with van der Waals surface area (Å²) < 4.78 is 18.5. The van der Waals surface area contributed by atoms with Crippen molar-refractivity contribution >= 4 is 23.4 Å². The number of nitrogens with zero attached hydrogens (tertiary/aromatic N) is 1. The molecule has 0 aromatic heterocycles. The van der Waals surface area contributed by atoms with Gasteiger partial charge in [0.05, 0.1) is 17.1 Å². The van der Waals surface area contributed by atoms with E-state index in [0.717, 1.165) is 17.8 Å². The Bertz CT molecular complexity index is 738. The molecule has 120 valence electrons. The second kappa shape index (κ2) is 7.70. The van der Waals surface area contributed by atoms with Crippen LogP contribution in [-0.4, -0.2) is 29.2 Å². The molecule has 0 spiro atoms. The summed E-state index contributed by atoms with van der Waals surface area (Å²) in [5.74, 6) is -1.29. The zero-order valence-electron chi connectivity index (χ0n) is 11.8. The van der Waals surface area contributed by atoms with E-state index in [9.17, 15) is 19.3 Å². The van der Waals surface area contributed by atoms with Gasteiger partial charge in [-0.2, -0.15) is 0 Å². The molecule has 1 N–H and O–H groups in total. The fourth-order valence-electron chi connectivity index (χ4n) is 1.74. The van der Waals surface area contributed by atoms with Crippen LogP contribution in [-0.2, 0) is 4.74 Å². The van der Waals surface area contributed by atoms with Crippen molar-refractivity contribution in [2.45, 2.75) is 9.79 Å². The largest absolute Gasteiger partial charge is 0.460 e. The Morgan fingerprint density at radius 1 is 1.26 bits per heavy atom. The molecule has 0 fully saturated rings. The zero-order valence-corrected chi connectivity index (χ0v) is 12.6. The third-order valence-corrected chi connectivity index (χ3v) is 3.90. The second-order valence-electron chi connectivity index (χ2n) is 4.33. The minimum absolute atomic E-state index is 0.0547. The number of hydrogen-bond acceptors (Lipinski definition) is 6. The van der Waals surface area contributed by atoms with E-state index in [2.05, 4.69) is 0 Å². The highest BCUT2D eigenvalue weighted by Crippen LogP contribution is 2.34. The van der Waals surface area contributed by atoms with E-state index >= 15 is 0 Å². The van der Waals surface area contributed by atoms with Crippen molar-refractivity contribution in [3.05, 3.63) is 64.0 Å². The van der Waals surface area contributed by atoms with E-state index < -0.39 is 16.7 Å². The fourth-order valence-corrected chi connectivity index (χ4v) is 2.68. The van der Waals surface area contributed by atoms with Gasteiger partial charge in [-0.1, -0.05) is 23.9 Å². The van der Waals surface area contributed by atoms with Crippen molar-refractivity contribution in [1.29, 1.82) is 0 Å². The molecule has 8 heteroatoms. The normalized spacial score (nSPS) is 10.3. The molecule has 0 aliphatic heterocycles. The molecule has 0 atom stereocenters. The van der Waals surface area contributed by atoms with Crippen LogP contribution in [0.25, 0.3) is 0 Å². The molecule has 2 aromatic rings. The molecule has 2 aromatic carbocycles. The van der Waals surface area contributed by atoms with Gasteiger partial charge in [-0.15, -0.1) is 0 Å². The summed E-state index contributed by atoms with van der Waals surface area (Å²) in [5.41, 5.74) is -0.334. The lowest BCUT2D eigenvalue weighted by molar-refractivity contribution is -0.384. The smallest absolute Gasteiger partial charge is 0.339 e. The average Bonchev–Trinajstić information content (AvgIpc) is 2.54. The van der Waals surface area contributed by atoms with Gasteiger partial charge in [0.1, 0.15) is 12.4 Å².